The molecule has 2 amide bonds. The van der Waals surface area contributed by atoms with Gasteiger partial charge >= 0.3 is 0 Å². The normalized spacial score (nSPS) is 19.5. The van der Waals surface area contributed by atoms with Crippen LogP contribution in [0.3, 0.4) is 0 Å². The second kappa shape index (κ2) is 12.1. The molecule has 1 aliphatic rings. The van der Waals surface area contributed by atoms with E-state index in [1.165, 1.54) is 12.3 Å². The third-order valence-electron chi connectivity index (χ3n) is 6.90. The molecule has 0 aliphatic carbocycles. The molecular formula is C28H34N4O6S. The molecule has 1 saturated heterocycles. The number of rotatable bonds is 9. The van der Waals surface area contributed by atoms with Crippen LogP contribution in [0.15, 0.2) is 64.2 Å². The van der Waals surface area contributed by atoms with Crippen LogP contribution in [-0.2, 0) is 19.6 Å². The van der Waals surface area contributed by atoms with Crippen molar-refractivity contribution < 1.29 is 27.2 Å². The molecule has 2 N–H and O–H groups in total. The summed E-state index contributed by atoms with van der Waals surface area (Å²) >= 11 is 0. The van der Waals surface area contributed by atoms with Gasteiger partial charge in [0.25, 0.3) is 15.9 Å². The summed E-state index contributed by atoms with van der Waals surface area (Å²) in [7, 11) is -3.99. The highest BCUT2D eigenvalue weighted by Gasteiger charge is 2.38. The molecule has 0 spiro atoms. The van der Waals surface area contributed by atoms with Crippen molar-refractivity contribution in [2.45, 2.75) is 69.6 Å². The van der Waals surface area contributed by atoms with Gasteiger partial charge in [-0.05, 0) is 62.8 Å². The Morgan fingerprint density at radius 2 is 1.85 bits per heavy atom. The number of fused-ring (bicyclic) bond motifs is 1. The molecule has 0 radical (unpaired) electrons. The molecule has 3 atom stereocenters. The molecular weight excluding hydrogens is 520 g/mol. The Morgan fingerprint density at radius 1 is 1.10 bits per heavy atom. The predicted molar refractivity (Wildman–Crippen MR) is 145 cm³/mol. The summed E-state index contributed by atoms with van der Waals surface area (Å²) in [5, 5.41) is 6.18. The zero-order chi connectivity index (χ0) is 28.2. The average Bonchev–Trinajstić information content (AvgIpc) is 3.30. The van der Waals surface area contributed by atoms with E-state index >= 15 is 0 Å². The summed E-state index contributed by atoms with van der Waals surface area (Å²) in [6.07, 6.45) is 3.06. The Labute approximate surface area is 228 Å². The van der Waals surface area contributed by atoms with E-state index in [0.717, 1.165) is 9.69 Å². The van der Waals surface area contributed by atoms with Crippen LogP contribution in [-0.4, -0.2) is 60.0 Å². The van der Waals surface area contributed by atoms with E-state index in [1.54, 1.807) is 37.3 Å². The standard InChI is InChI=1S/C28H34N4O6S/c1-18(2)11-13-22(31-28(35)25-16-20-8-4-5-9-24(20)38-25)27(34)30-21-14-12-19(3)32(17-23(21)33)39(36,37)26-10-6-7-15-29-26/h4-10,15-16,18-19,21-22H,11-14,17H2,1-3H3,(H,30,34)(H,31,35)/t19-,21+,22+/m1/s1. The number of amides is 2. The first kappa shape index (κ1) is 28.4. The maximum atomic E-state index is 13.4. The molecule has 3 aromatic rings. The largest absolute Gasteiger partial charge is 0.451 e. The molecule has 1 aliphatic heterocycles. The number of pyridine rings is 1. The summed E-state index contributed by atoms with van der Waals surface area (Å²) in [5.74, 6) is -1.06. The van der Waals surface area contributed by atoms with E-state index in [9.17, 15) is 22.8 Å². The lowest BCUT2D eigenvalue weighted by Crippen LogP contribution is -2.52. The topological polar surface area (TPSA) is 139 Å². The van der Waals surface area contributed by atoms with Gasteiger partial charge in [-0.3, -0.25) is 14.4 Å². The molecule has 11 heteroatoms. The van der Waals surface area contributed by atoms with Gasteiger partial charge in [0.15, 0.2) is 16.6 Å². The maximum absolute atomic E-state index is 13.4. The SMILES string of the molecule is CC(C)CC[C@H](NC(=O)c1cc2ccccc2o1)C(=O)N[C@H]1CC[C@@H](C)N(S(=O)(=O)c2ccccn2)CC1=O. The highest BCUT2D eigenvalue weighted by atomic mass is 32.2. The van der Waals surface area contributed by atoms with Crippen molar-refractivity contribution >= 4 is 38.6 Å². The van der Waals surface area contributed by atoms with Crippen molar-refractivity contribution in [3.8, 4) is 0 Å². The molecule has 1 fully saturated rings. The molecule has 2 aromatic heterocycles. The van der Waals surface area contributed by atoms with E-state index in [0.29, 0.717) is 24.8 Å². The fourth-order valence-corrected chi connectivity index (χ4v) is 6.15. The molecule has 0 bridgehead atoms. The summed E-state index contributed by atoms with van der Waals surface area (Å²) < 4.78 is 33.1. The van der Waals surface area contributed by atoms with Crippen LogP contribution in [0.1, 0.15) is 57.0 Å². The minimum Gasteiger partial charge on any atom is -0.451 e. The van der Waals surface area contributed by atoms with E-state index < -0.39 is 45.7 Å². The second-order valence-corrected chi connectivity index (χ2v) is 12.2. The number of carbonyl (C=O) groups excluding carboxylic acids is 3. The smallest absolute Gasteiger partial charge is 0.287 e. The number of furan rings is 1. The van der Waals surface area contributed by atoms with Crippen LogP contribution in [0.4, 0.5) is 0 Å². The minimum absolute atomic E-state index is 0.0910. The number of nitrogens with zero attached hydrogens (tertiary/aromatic N) is 2. The number of aromatic nitrogens is 1. The fourth-order valence-electron chi connectivity index (χ4n) is 4.59. The molecule has 10 nitrogen and oxygen atoms in total. The fraction of sp³-hybridized carbons (Fsp3) is 0.429. The van der Waals surface area contributed by atoms with Gasteiger partial charge in [0, 0.05) is 17.6 Å². The second-order valence-electron chi connectivity index (χ2n) is 10.3. The monoisotopic (exact) mass is 554 g/mol. The van der Waals surface area contributed by atoms with Gasteiger partial charge in [-0.1, -0.05) is 38.1 Å². The number of ketones is 1. The lowest BCUT2D eigenvalue weighted by Gasteiger charge is -2.25. The highest BCUT2D eigenvalue weighted by Crippen LogP contribution is 2.23. The van der Waals surface area contributed by atoms with Gasteiger partial charge in [0.05, 0.1) is 12.6 Å². The molecule has 208 valence electrons. The molecule has 4 rings (SSSR count). The Hall–Kier alpha value is -3.57. The molecule has 3 heterocycles. The Morgan fingerprint density at radius 3 is 2.54 bits per heavy atom. The molecule has 0 saturated carbocycles. The Bertz CT molecular complexity index is 1400. The number of para-hydroxylation sites is 1. The van der Waals surface area contributed by atoms with Gasteiger partial charge in [0.1, 0.15) is 11.6 Å². The van der Waals surface area contributed by atoms with Crippen LogP contribution in [0, 0.1) is 5.92 Å². The zero-order valence-corrected chi connectivity index (χ0v) is 23.1. The van der Waals surface area contributed by atoms with Crippen molar-refractivity contribution in [3.63, 3.8) is 0 Å². The maximum Gasteiger partial charge on any atom is 0.287 e. The summed E-state index contributed by atoms with van der Waals surface area (Å²) in [5.41, 5.74) is 0.564. The van der Waals surface area contributed by atoms with Crippen LogP contribution in [0.5, 0.6) is 0 Å². The van der Waals surface area contributed by atoms with E-state index in [2.05, 4.69) is 15.6 Å². The van der Waals surface area contributed by atoms with Crippen LogP contribution >= 0.6 is 0 Å². The summed E-state index contributed by atoms with van der Waals surface area (Å²) in [6, 6.07) is 11.2. The number of hydrogen-bond acceptors (Lipinski definition) is 7. The number of carbonyl (C=O) groups is 3. The van der Waals surface area contributed by atoms with E-state index in [-0.39, 0.29) is 29.7 Å². The Balaban J connectivity index is 1.47. The Kier molecular flexibility index (Phi) is 8.81. The van der Waals surface area contributed by atoms with Crippen molar-refractivity contribution in [1.82, 2.24) is 19.9 Å². The third kappa shape index (κ3) is 6.72. The van der Waals surface area contributed by atoms with E-state index in [1.807, 2.05) is 26.0 Å². The van der Waals surface area contributed by atoms with Crippen LogP contribution < -0.4 is 10.6 Å². The van der Waals surface area contributed by atoms with Gasteiger partial charge < -0.3 is 15.1 Å². The van der Waals surface area contributed by atoms with Crippen molar-refractivity contribution in [3.05, 3.63) is 60.5 Å². The van der Waals surface area contributed by atoms with Gasteiger partial charge in [-0.25, -0.2) is 13.4 Å². The first-order chi connectivity index (χ1) is 18.6. The quantitative estimate of drug-likeness (QED) is 0.414. The lowest BCUT2D eigenvalue weighted by atomic mass is 10.0. The highest BCUT2D eigenvalue weighted by molar-refractivity contribution is 7.89. The van der Waals surface area contributed by atoms with Crippen molar-refractivity contribution in [2.75, 3.05) is 6.54 Å². The zero-order valence-electron chi connectivity index (χ0n) is 22.3. The number of hydrogen-bond donors (Lipinski definition) is 2. The summed E-state index contributed by atoms with van der Waals surface area (Å²) in [6.45, 7) is 5.38. The number of sulfonamides is 1. The summed E-state index contributed by atoms with van der Waals surface area (Å²) in [4.78, 5) is 43.5. The van der Waals surface area contributed by atoms with Crippen LogP contribution in [0.25, 0.3) is 11.0 Å². The minimum atomic E-state index is -3.99. The molecule has 0 unspecified atom stereocenters. The number of benzene rings is 1. The van der Waals surface area contributed by atoms with Crippen molar-refractivity contribution in [1.29, 1.82) is 0 Å². The number of Topliss-reactive ketones (excluding diaryl/α,β-unsaturated/α-hetero) is 1. The predicted octanol–water partition coefficient (Wildman–Crippen LogP) is 3.29. The van der Waals surface area contributed by atoms with Gasteiger partial charge in [0.2, 0.25) is 5.91 Å². The lowest BCUT2D eigenvalue weighted by molar-refractivity contribution is -0.128. The van der Waals surface area contributed by atoms with Gasteiger partial charge in [-0.15, -0.1) is 0 Å². The van der Waals surface area contributed by atoms with E-state index in [4.69, 9.17) is 4.42 Å². The van der Waals surface area contributed by atoms with Gasteiger partial charge in [-0.2, -0.15) is 4.31 Å². The number of nitrogens with one attached hydrogen (secondary N) is 2. The first-order valence-electron chi connectivity index (χ1n) is 13.1. The third-order valence-corrected chi connectivity index (χ3v) is 8.77. The molecule has 1 aromatic carbocycles. The first-order valence-corrected chi connectivity index (χ1v) is 14.6. The molecule has 39 heavy (non-hydrogen) atoms. The average molecular weight is 555 g/mol. The van der Waals surface area contributed by atoms with Crippen molar-refractivity contribution in [2.24, 2.45) is 5.92 Å². The van der Waals surface area contributed by atoms with Crippen LogP contribution in [0.2, 0.25) is 0 Å².